The van der Waals surface area contributed by atoms with Crippen LogP contribution in [0.4, 0.5) is 8.78 Å². The molecule has 0 spiro atoms. The maximum Gasteiger partial charge on any atom is 0.264 e. The van der Waals surface area contributed by atoms with Crippen molar-refractivity contribution >= 4 is 38.5 Å². The summed E-state index contributed by atoms with van der Waals surface area (Å²) in [6.07, 6.45) is -2.43. The molecule has 0 aliphatic carbocycles. The van der Waals surface area contributed by atoms with Crippen molar-refractivity contribution in [2.75, 3.05) is 0 Å². The maximum absolute atomic E-state index is 12.1. The zero-order valence-corrected chi connectivity index (χ0v) is 8.93. The highest BCUT2D eigenvalue weighted by Crippen LogP contribution is 2.22. The van der Waals surface area contributed by atoms with E-state index < -0.39 is 6.43 Å². The van der Waals surface area contributed by atoms with Crippen molar-refractivity contribution < 1.29 is 8.78 Å². The molecule has 0 radical (unpaired) electrons. The standard InChI is InChI=1S/C6H3BrF2IN/c7-4-1-3(6(8)9)2-5(10)11-4/h1-2,6H. The van der Waals surface area contributed by atoms with Gasteiger partial charge in [-0.1, -0.05) is 0 Å². The normalized spacial score (nSPS) is 10.6. The van der Waals surface area contributed by atoms with E-state index in [4.69, 9.17) is 0 Å². The Bertz CT molecular complexity index is 247. The van der Waals surface area contributed by atoms with Crippen LogP contribution in [0, 0.1) is 3.70 Å². The largest absolute Gasteiger partial charge is 0.264 e. The molecule has 0 fully saturated rings. The van der Waals surface area contributed by atoms with E-state index in [0.29, 0.717) is 8.30 Å². The highest BCUT2D eigenvalue weighted by Gasteiger charge is 2.08. The van der Waals surface area contributed by atoms with Gasteiger partial charge < -0.3 is 0 Å². The molecule has 0 aromatic carbocycles. The van der Waals surface area contributed by atoms with Gasteiger partial charge in [-0.05, 0) is 50.7 Å². The van der Waals surface area contributed by atoms with Crippen molar-refractivity contribution in [3.63, 3.8) is 0 Å². The topological polar surface area (TPSA) is 12.9 Å². The van der Waals surface area contributed by atoms with Gasteiger partial charge in [0.15, 0.2) is 0 Å². The first kappa shape index (κ1) is 9.31. The van der Waals surface area contributed by atoms with Crippen molar-refractivity contribution in [2.24, 2.45) is 0 Å². The molecule has 0 aliphatic rings. The van der Waals surface area contributed by atoms with Crippen LogP contribution in [0.15, 0.2) is 16.7 Å². The smallest absolute Gasteiger partial charge is 0.235 e. The van der Waals surface area contributed by atoms with Crippen LogP contribution < -0.4 is 0 Å². The van der Waals surface area contributed by atoms with E-state index in [0.717, 1.165) is 0 Å². The molecule has 0 N–H and O–H groups in total. The van der Waals surface area contributed by atoms with Gasteiger partial charge in [-0.2, -0.15) is 0 Å². The van der Waals surface area contributed by atoms with E-state index in [1.54, 1.807) is 0 Å². The molecule has 1 aromatic heterocycles. The van der Waals surface area contributed by atoms with Gasteiger partial charge in [0.25, 0.3) is 6.43 Å². The fraction of sp³-hybridized carbons (Fsp3) is 0.167. The average Bonchev–Trinajstić information content (AvgIpc) is 1.85. The van der Waals surface area contributed by atoms with Crippen molar-refractivity contribution in [1.82, 2.24) is 4.98 Å². The van der Waals surface area contributed by atoms with E-state index in [1.807, 2.05) is 22.6 Å². The number of rotatable bonds is 1. The molecule has 1 aromatic rings. The minimum Gasteiger partial charge on any atom is -0.235 e. The maximum atomic E-state index is 12.1. The molecule has 0 saturated heterocycles. The molecule has 5 heteroatoms. The number of aromatic nitrogens is 1. The molecule has 0 saturated carbocycles. The Morgan fingerprint density at radius 1 is 1.45 bits per heavy atom. The first-order valence-corrected chi connectivity index (χ1v) is 4.58. The second-order valence-corrected chi connectivity index (χ2v) is 3.76. The SMILES string of the molecule is FC(F)c1cc(Br)nc(I)c1. The quantitative estimate of drug-likeness (QED) is 0.567. The van der Waals surface area contributed by atoms with Crippen molar-refractivity contribution in [3.05, 3.63) is 26.0 Å². The van der Waals surface area contributed by atoms with Crippen molar-refractivity contribution in [2.45, 2.75) is 6.43 Å². The lowest BCUT2D eigenvalue weighted by atomic mass is 10.3. The molecule has 1 nitrogen and oxygen atoms in total. The van der Waals surface area contributed by atoms with Crippen molar-refractivity contribution in [1.29, 1.82) is 0 Å². The third kappa shape index (κ3) is 2.62. The lowest BCUT2D eigenvalue weighted by molar-refractivity contribution is 0.151. The fourth-order valence-corrected chi connectivity index (χ4v) is 2.02. The summed E-state index contributed by atoms with van der Waals surface area (Å²) >= 11 is 4.92. The van der Waals surface area contributed by atoms with E-state index in [-0.39, 0.29) is 5.56 Å². The summed E-state index contributed by atoms with van der Waals surface area (Å²) in [6.45, 7) is 0. The van der Waals surface area contributed by atoms with E-state index in [9.17, 15) is 8.78 Å². The highest BCUT2D eigenvalue weighted by atomic mass is 127. The van der Waals surface area contributed by atoms with Crippen LogP contribution >= 0.6 is 38.5 Å². The lowest BCUT2D eigenvalue weighted by Crippen LogP contribution is -1.88. The van der Waals surface area contributed by atoms with Crippen LogP contribution in [-0.4, -0.2) is 4.98 Å². The summed E-state index contributed by atoms with van der Waals surface area (Å²) in [5.74, 6) is 0. The number of hydrogen-bond donors (Lipinski definition) is 0. The first-order valence-electron chi connectivity index (χ1n) is 2.70. The molecule has 1 heterocycles. The van der Waals surface area contributed by atoms with E-state index in [1.165, 1.54) is 12.1 Å². The zero-order chi connectivity index (χ0) is 8.43. The van der Waals surface area contributed by atoms with Gasteiger partial charge >= 0.3 is 0 Å². The molecule has 0 atom stereocenters. The van der Waals surface area contributed by atoms with Crippen LogP contribution in [0.2, 0.25) is 0 Å². The minimum atomic E-state index is -2.43. The van der Waals surface area contributed by atoms with Gasteiger partial charge in [0, 0.05) is 5.56 Å². The number of pyridine rings is 1. The minimum absolute atomic E-state index is 0.00345. The number of alkyl halides is 2. The molecule has 1 rings (SSSR count). The summed E-state index contributed by atoms with van der Waals surface area (Å²) in [5.41, 5.74) is -0.00345. The number of nitrogens with zero attached hydrogens (tertiary/aromatic N) is 1. The summed E-state index contributed by atoms with van der Waals surface area (Å²) in [6, 6.07) is 2.67. The molecule has 11 heavy (non-hydrogen) atoms. The molecule has 0 bridgehead atoms. The van der Waals surface area contributed by atoms with Gasteiger partial charge in [-0.3, -0.25) is 0 Å². The highest BCUT2D eigenvalue weighted by molar-refractivity contribution is 14.1. The summed E-state index contributed by atoms with van der Waals surface area (Å²) < 4.78 is 25.2. The monoisotopic (exact) mass is 333 g/mol. The Hall–Kier alpha value is 0.220. The van der Waals surface area contributed by atoms with E-state index >= 15 is 0 Å². The van der Waals surface area contributed by atoms with E-state index in [2.05, 4.69) is 20.9 Å². The average molecular weight is 334 g/mol. The van der Waals surface area contributed by atoms with Gasteiger partial charge in [0.1, 0.15) is 8.30 Å². The Balaban J connectivity index is 3.08. The second-order valence-electron chi connectivity index (χ2n) is 1.85. The van der Waals surface area contributed by atoms with Crippen LogP contribution in [-0.2, 0) is 0 Å². The number of halogens is 4. The Morgan fingerprint density at radius 3 is 2.55 bits per heavy atom. The summed E-state index contributed by atoms with van der Waals surface area (Å²) in [5, 5.41) is 0. The van der Waals surface area contributed by atoms with Crippen LogP contribution in [0.1, 0.15) is 12.0 Å². The predicted molar refractivity (Wildman–Crippen MR) is 49.6 cm³/mol. The predicted octanol–water partition coefficient (Wildman–Crippen LogP) is 3.39. The summed E-state index contributed by atoms with van der Waals surface area (Å²) in [4.78, 5) is 3.89. The van der Waals surface area contributed by atoms with Gasteiger partial charge in [0.05, 0.1) is 0 Å². The molecule has 0 amide bonds. The Morgan fingerprint density at radius 2 is 2.09 bits per heavy atom. The second kappa shape index (κ2) is 3.75. The van der Waals surface area contributed by atoms with Crippen LogP contribution in [0.3, 0.4) is 0 Å². The molecular formula is C6H3BrF2IN. The van der Waals surface area contributed by atoms with Gasteiger partial charge in [-0.15, -0.1) is 0 Å². The molecule has 0 aliphatic heterocycles. The number of hydrogen-bond acceptors (Lipinski definition) is 1. The van der Waals surface area contributed by atoms with Gasteiger partial charge in [-0.25, -0.2) is 13.8 Å². The Labute approximate surface area is 84.5 Å². The zero-order valence-electron chi connectivity index (χ0n) is 5.19. The van der Waals surface area contributed by atoms with Crippen LogP contribution in [0.5, 0.6) is 0 Å². The third-order valence-corrected chi connectivity index (χ3v) is 2.00. The molecule has 0 unspecified atom stereocenters. The van der Waals surface area contributed by atoms with Crippen molar-refractivity contribution in [3.8, 4) is 0 Å². The fourth-order valence-electron chi connectivity index (χ4n) is 0.609. The first-order chi connectivity index (χ1) is 5.09. The third-order valence-electron chi connectivity index (χ3n) is 1.04. The lowest BCUT2D eigenvalue weighted by Gasteiger charge is -1.99. The summed E-state index contributed by atoms with van der Waals surface area (Å²) in [7, 11) is 0. The van der Waals surface area contributed by atoms with Crippen LogP contribution in [0.25, 0.3) is 0 Å². The molecule has 60 valence electrons. The van der Waals surface area contributed by atoms with Gasteiger partial charge in [0.2, 0.25) is 0 Å². The molecular weight excluding hydrogens is 331 g/mol. The Kier molecular flexibility index (Phi) is 3.17.